The number of aliphatic hydroxyl groups is 1. The van der Waals surface area contributed by atoms with Gasteiger partial charge in [0.1, 0.15) is 0 Å². The third-order valence-electron chi connectivity index (χ3n) is 2.74. The highest BCUT2D eigenvalue weighted by molar-refractivity contribution is 7.84. The van der Waals surface area contributed by atoms with Gasteiger partial charge in [-0.1, -0.05) is 12.8 Å². The monoisotopic (exact) mass is 219 g/mol. The summed E-state index contributed by atoms with van der Waals surface area (Å²) < 4.78 is 10.8. The quantitative estimate of drug-likeness (QED) is 0.667. The van der Waals surface area contributed by atoms with E-state index >= 15 is 0 Å². The molecule has 0 bridgehead atoms. The van der Waals surface area contributed by atoms with E-state index in [2.05, 4.69) is 5.32 Å². The Balaban J connectivity index is 2.07. The average Bonchev–Trinajstić information content (AvgIpc) is 2.15. The third-order valence-corrected chi connectivity index (χ3v) is 3.61. The molecule has 1 rings (SSSR count). The molecule has 2 N–H and O–H groups in total. The first-order valence-electron chi connectivity index (χ1n) is 5.41. The molecule has 0 radical (unpaired) electrons. The first-order chi connectivity index (χ1) is 6.70. The Hall–Kier alpha value is 0.0700. The van der Waals surface area contributed by atoms with E-state index in [1.54, 1.807) is 6.26 Å². The zero-order valence-electron chi connectivity index (χ0n) is 8.87. The maximum absolute atomic E-state index is 10.8. The molecule has 3 nitrogen and oxygen atoms in total. The van der Waals surface area contributed by atoms with Gasteiger partial charge in [0.25, 0.3) is 0 Å². The zero-order valence-corrected chi connectivity index (χ0v) is 9.68. The van der Waals surface area contributed by atoms with Crippen LogP contribution in [0.3, 0.4) is 0 Å². The van der Waals surface area contributed by atoms with Crippen molar-refractivity contribution in [3.05, 3.63) is 0 Å². The first-order valence-corrected chi connectivity index (χ1v) is 7.14. The van der Waals surface area contributed by atoms with Crippen molar-refractivity contribution in [2.75, 3.05) is 18.6 Å². The third kappa shape index (κ3) is 4.53. The van der Waals surface area contributed by atoms with Crippen LogP contribution >= 0.6 is 0 Å². The molecule has 0 saturated heterocycles. The van der Waals surface area contributed by atoms with Crippen molar-refractivity contribution in [3.63, 3.8) is 0 Å². The van der Waals surface area contributed by atoms with Crippen LogP contribution in [0.5, 0.6) is 0 Å². The summed E-state index contributed by atoms with van der Waals surface area (Å²) in [5.74, 6) is 0.760. The largest absolute Gasteiger partial charge is 0.392 e. The molecular weight excluding hydrogens is 198 g/mol. The Bertz CT molecular complexity index is 187. The molecule has 14 heavy (non-hydrogen) atoms. The maximum Gasteiger partial charge on any atom is 0.0693 e. The van der Waals surface area contributed by atoms with Crippen LogP contribution in [0.4, 0.5) is 0 Å². The molecule has 1 fully saturated rings. The fourth-order valence-electron chi connectivity index (χ4n) is 1.91. The SMILES string of the molecule is CS(=O)CCCN[C@H]1CCCC[C@@H]1O. The molecule has 0 aromatic heterocycles. The lowest BCUT2D eigenvalue weighted by Gasteiger charge is -2.28. The highest BCUT2D eigenvalue weighted by Crippen LogP contribution is 2.18. The van der Waals surface area contributed by atoms with E-state index in [0.29, 0.717) is 0 Å². The summed E-state index contributed by atoms with van der Waals surface area (Å²) in [5, 5.41) is 13.0. The predicted molar refractivity (Wildman–Crippen MR) is 59.8 cm³/mol. The van der Waals surface area contributed by atoms with Crippen LogP contribution in [-0.4, -0.2) is 40.0 Å². The minimum absolute atomic E-state index is 0.170. The van der Waals surface area contributed by atoms with Gasteiger partial charge >= 0.3 is 0 Å². The fourth-order valence-corrected chi connectivity index (χ4v) is 2.46. The van der Waals surface area contributed by atoms with E-state index in [0.717, 1.165) is 38.0 Å². The number of hydrogen-bond acceptors (Lipinski definition) is 3. The number of nitrogens with one attached hydrogen (secondary N) is 1. The van der Waals surface area contributed by atoms with Crippen LogP contribution in [-0.2, 0) is 10.8 Å². The van der Waals surface area contributed by atoms with Crippen molar-refractivity contribution in [1.29, 1.82) is 0 Å². The topological polar surface area (TPSA) is 49.3 Å². The van der Waals surface area contributed by atoms with E-state index in [4.69, 9.17) is 0 Å². The molecule has 0 aromatic rings. The van der Waals surface area contributed by atoms with Gasteiger partial charge in [-0.05, 0) is 25.8 Å². The van der Waals surface area contributed by atoms with Gasteiger partial charge < -0.3 is 10.4 Å². The van der Waals surface area contributed by atoms with Gasteiger partial charge in [-0.15, -0.1) is 0 Å². The van der Waals surface area contributed by atoms with Crippen molar-refractivity contribution in [1.82, 2.24) is 5.32 Å². The number of aliphatic hydroxyl groups excluding tert-OH is 1. The molecular formula is C10H21NO2S. The number of rotatable bonds is 5. The van der Waals surface area contributed by atoms with Crippen LogP contribution in [0, 0.1) is 0 Å². The molecule has 0 spiro atoms. The minimum atomic E-state index is -0.683. The van der Waals surface area contributed by atoms with E-state index in [9.17, 15) is 9.32 Å². The van der Waals surface area contributed by atoms with Gasteiger partial charge in [0, 0.05) is 28.9 Å². The Kier molecular flexibility index (Phi) is 5.67. The van der Waals surface area contributed by atoms with Gasteiger partial charge in [0.15, 0.2) is 0 Å². The zero-order chi connectivity index (χ0) is 10.4. The Morgan fingerprint density at radius 1 is 1.43 bits per heavy atom. The van der Waals surface area contributed by atoms with Crippen LogP contribution < -0.4 is 5.32 Å². The van der Waals surface area contributed by atoms with Gasteiger partial charge in [-0.2, -0.15) is 0 Å². The average molecular weight is 219 g/mol. The highest BCUT2D eigenvalue weighted by Gasteiger charge is 2.21. The van der Waals surface area contributed by atoms with Crippen LogP contribution in [0.25, 0.3) is 0 Å². The molecule has 1 saturated carbocycles. The normalized spacial score (nSPS) is 30.1. The second-order valence-electron chi connectivity index (χ2n) is 4.04. The minimum Gasteiger partial charge on any atom is -0.392 e. The standard InChI is InChI=1S/C10H21NO2S/c1-14(13)8-4-7-11-9-5-2-3-6-10(9)12/h9-12H,2-8H2,1H3/t9-,10-,14?/m0/s1. The van der Waals surface area contributed by atoms with Gasteiger partial charge in [0.2, 0.25) is 0 Å². The van der Waals surface area contributed by atoms with Crippen molar-refractivity contribution in [3.8, 4) is 0 Å². The molecule has 0 heterocycles. The lowest BCUT2D eigenvalue weighted by atomic mass is 9.92. The van der Waals surface area contributed by atoms with Gasteiger partial charge in [-0.3, -0.25) is 4.21 Å². The molecule has 1 unspecified atom stereocenters. The summed E-state index contributed by atoms with van der Waals surface area (Å²) in [5.41, 5.74) is 0. The molecule has 0 aromatic carbocycles. The predicted octanol–water partition coefficient (Wildman–Crippen LogP) is 0.648. The van der Waals surface area contributed by atoms with E-state index < -0.39 is 10.8 Å². The van der Waals surface area contributed by atoms with Gasteiger partial charge in [-0.25, -0.2) is 0 Å². The lowest BCUT2D eigenvalue weighted by molar-refractivity contribution is 0.0913. The fraction of sp³-hybridized carbons (Fsp3) is 1.00. The highest BCUT2D eigenvalue weighted by atomic mass is 32.2. The van der Waals surface area contributed by atoms with Crippen molar-refractivity contribution in [2.45, 2.75) is 44.2 Å². The Morgan fingerprint density at radius 2 is 2.14 bits per heavy atom. The summed E-state index contributed by atoms with van der Waals surface area (Å²) in [6.07, 6.45) is 6.87. The molecule has 1 aliphatic carbocycles. The van der Waals surface area contributed by atoms with E-state index in [1.165, 1.54) is 6.42 Å². The molecule has 3 atom stereocenters. The lowest BCUT2D eigenvalue weighted by Crippen LogP contribution is -2.42. The second kappa shape index (κ2) is 6.53. The van der Waals surface area contributed by atoms with Crippen LogP contribution in [0.15, 0.2) is 0 Å². The summed E-state index contributed by atoms with van der Waals surface area (Å²) in [6.45, 7) is 0.876. The summed E-state index contributed by atoms with van der Waals surface area (Å²) in [4.78, 5) is 0. The van der Waals surface area contributed by atoms with E-state index in [-0.39, 0.29) is 12.1 Å². The molecule has 1 aliphatic rings. The summed E-state index contributed by atoms with van der Waals surface area (Å²) in [6, 6.07) is 0.272. The Morgan fingerprint density at radius 3 is 2.79 bits per heavy atom. The summed E-state index contributed by atoms with van der Waals surface area (Å²) in [7, 11) is -0.683. The molecule has 0 aliphatic heterocycles. The number of hydrogen-bond donors (Lipinski definition) is 2. The van der Waals surface area contributed by atoms with Crippen LogP contribution in [0.1, 0.15) is 32.1 Å². The maximum atomic E-state index is 10.8. The van der Waals surface area contributed by atoms with Gasteiger partial charge in [0.05, 0.1) is 6.10 Å². The molecule has 84 valence electrons. The van der Waals surface area contributed by atoms with Crippen molar-refractivity contribution in [2.24, 2.45) is 0 Å². The van der Waals surface area contributed by atoms with E-state index in [1.807, 2.05) is 0 Å². The summed E-state index contributed by atoms with van der Waals surface area (Å²) >= 11 is 0. The van der Waals surface area contributed by atoms with Crippen molar-refractivity contribution >= 4 is 10.8 Å². The smallest absolute Gasteiger partial charge is 0.0693 e. The molecule has 4 heteroatoms. The molecule has 0 amide bonds. The second-order valence-corrected chi connectivity index (χ2v) is 5.60. The van der Waals surface area contributed by atoms with Crippen molar-refractivity contribution < 1.29 is 9.32 Å². The first kappa shape index (κ1) is 12.1. The van der Waals surface area contributed by atoms with Crippen LogP contribution in [0.2, 0.25) is 0 Å². The Labute approximate surface area is 88.7 Å².